The lowest BCUT2D eigenvalue weighted by atomic mass is 9.78. The monoisotopic (exact) mass is 466 g/mol. The van der Waals surface area contributed by atoms with Crippen molar-refractivity contribution in [3.8, 4) is 0 Å². The molecular weight excluding hydrogens is 441 g/mol. The molecule has 1 spiro atoms. The van der Waals surface area contributed by atoms with E-state index in [1.54, 1.807) is 12.4 Å². The van der Waals surface area contributed by atoms with Crippen LogP contribution >= 0.6 is 0 Å². The number of hydrogen-bond acceptors (Lipinski definition) is 4. The van der Waals surface area contributed by atoms with Crippen molar-refractivity contribution in [2.45, 2.75) is 32.0 Å². The SMILES string of the molecule is Cn1cccc1C(=O)N1CCCC2(CCN(Cc3ccncc3)C2=O)C1.O=C(O)C(F)(F)F. The summed E-state index contributed by atoms with van der Waals surface area (Å²) < 4.78 is 33.6. The van der Waals surface area contributed by atoms with E-state index < -0.39 is 17.6 Å². The molecule has 2 saturated heterocycles. The van der Waals surface area contributed by atoms with Gasteiger partial charge in [0.1, 0.15) is 5.69 Å². The molecule has 0 saturated carbocycles. The zero-order valence-electron chi connectivity index (χ0n) is 18.1. The summed E-state index contributed by atoms with van der Waals surface area (Å²) in [5.41, 5.74) is 1.37. The molecule has 2 amide bonds. The van der Waals surface area contributed by atoms with E-state index in [0.717, 1.165) is 37.9 Å². The molecule has 2 aliphatic heterocycles. The van der Waals surface area contributed by atoms with Gasteiger partial charge in [-0.25, -0.2) is 4.79 Å². The first-order chi connectivity index (χ1) is 15.5. The maximum absolute atomic E-state index is 13.2. The highest BCUT2D eigenvalue weighted by Crippen LogP contribution is 2.41. The van der Waals surface area contributed by atoms with Crippen LogP contribution in [0.5, 0.6) is 0 Å². The Morgan fingerprint density at radius 2 is 1.82 bits per heavy atom. The van der Waals surface area contributed by atoms with Gasteiger partial charge in [-0.15, -0.1) is 0 Å². The molecule has 2 aliphatic rings. The molecule has 0 bridgehead atoms. The normalized spacial score (nSPS) is 20.5. The number of carboxylic acids is 1. The van der Waals surface area contributed by atoms with E-state index in [-0.39, 0.29) is 11.8 Å². The first-order valence-electron chi connectivity index (χ1n) is 10.4. The van der Waals surface area contributed by atoms with Crippen LogP contribution in [0, 0.1) is 5.41 Å². The fourth-order valence-electron chi connectivity index (χ4n) is 4.28. The number of amides is 2. The summed E-state index contributed by atoms with van der Waals surface area (Å²) in [6.45, 7) is 2.63. The lowest BCUT2D eigenvalue weighted by molar-refractivity contribution is -0.192. The van der Waals surface area contributed by atoms with Crippen molar-refractivity contribution >= 4 is 17.8 Å². The van der Waals surface area contributed by atoms with E-state index in [1.807, 2.05) is 51.9 Å². The Kier molecular flexibility index (Phi) is 7.09. The highest BCUT2D eigenvalue weighted by molar-refractivity contribution is 5.94. The van der Waals surface area contributed by atoms with Gasteiger partial charge >= 0.3 is 12.1 Å². The second kappa shape index (κ2) is 9.63. The number of carbonyl (C=O) groups excluding carboxylic acids is 2. The van der Waals surface area contributed by atoms with Gasteiger partial charge in [-0.1, -0.05) is 0 Å². The Labute approximate surface area is 188 Å². The summed E-state index contributed by atoms with van der Waals surface area (Å²) in [6.07, 6.45) is 2.89. The Morgan fingerprint density at radius 1 is 1.15 bits per heavy atom. The van der Waals surface area contributed by atoms with Crippen LogP contribution in [0.25, 0.3) is 0 Å². The smallest absolute Gasteiger partial charge is 0.475 e. The highest BCUT2D eigenvalue weighted by Gasteiger charge is 2.49. The van der Waals surface area contributed by atoms with E-state index in [2.05, 4.69) is 4.98 Å². The van der Waals surface area contributed by atoms with Gasteiger partial charge in [-0.2, -0.15) is 13.2 Å². The maximum Gasteiger partial charge on any atom is 0.490 e. The minimum absolute atomic E-state index is 0.0250. The quantitative estimate of drug-likeness (QED) is 0.751. The highest BCUT2D eigenvalue weighted by atomic mass is 19.4. The number of alkyl halides is 3. The van der Waals surface area contributed by atoms with Crippen molar-refractivity contribution < 1.29 is 32.7 Å². The summed E-state index contributed by atoms with van der Waals surface area (Å²) in [5, 5.41) is 7.12. The number of pyridine rings is 1. The van der Waals surface area contributed by atoms with Crippen molar-refractivity contribution in [2.75, 3.05) is 19.6 Å². The summed E-state index contributed by atoms with van der Waals surface area (Å²) in [6, 6.07) is 7.62. The Bertz CT molecular complexity index is 1010. The summed E-state index contributed by atoms with van der Waals surface area (Å²) >= 11 is 0. The average Bonchev–Trinajstić information content (AvgIpc) is 3.33. The number of carboxylic acid groups (broad SMARTS) is 1. The van der Waals surface area contributed by atoms with Crippen molar-refractivity contribution in [2.24, 2.45) is 12.5 Å². The van der Waals surface area contributed by atoms with Crippen molar-refractivity contribution in [1.29, 1.82) is 0 Å². The number of halogens is 3. The van der Waals surface area contributed by atoms with Crippen LogP contribution in [0.15, 0.2) is 42.9 Å². The maximum atomic E-state index is 13.2. The molecule has 2 fully saturated rings. The number of rotatable bonds is 3. The third-order valence-electron chi connectivity index (χ3n) is 5.99. The molecule has 2 aromatic rings. The van der Waals surface area contributed by atoms with Crippen LogP contribution in [-0.2, 0) is 23.2 Å². The van der Waals surface area contributed by atoms with Gasteiger partial charge in [-0.05, 0) is 49.1 Å². The third-order valence-corrected chi connectivity index (χ3v) is 5.99. The van der Waals surface area contributed by atoms with Gasteiger partial charge in [0.25, 0.3) is 5.91 Å². The first-order valence-corrected chi connectivity index (χ1v) is 10.4. The lowest BCUT2D eigenvalue weighted by Gasteiger charge is -2.39. The number of carbonyl (C=O) groups is 3. The molecule has 4 rings (SSSR count). The van der Waals surface area contributed by atoms with Crippen LogP contribution in [0.4, 0.5) is 13.2 Å². The van der Waals surface area contributed by atoms with E-state index in [1.165, 1.54) is 0 Å². The van der Waals surface area contributed by atoms with Crippen LogP contribution in [0.2, 0.25) is 0 Å². The summed E-state index contributed by atoms with van der Waals surface area (Å²) in [5.74, 6) is -2.54. The summed E-state index contributed by atoms with van der Waals surface area (Å²) in [7, 11) is 1.88. The second-order valence-electron chi connectivity index (χ2n) is 8.25. The Balaban J connectivity index is 0.000000383. The minimum Gasteiger partial charge on any atom is -0.475 e. The minimum atomic E-state index is -5.08. The number of nitrogens with zero attached hydrogens (tertiary/aromatic N) is 4. The van der Waals surface area contributed by atoms with Gasteiger partial charge in [-0.3, -0.25) is 14.6 Å². The molecule has 0 aromatic carbocycles. The second-order valence-corrected chi connectivity index (χ2v) is 8.25. The fraction of sp³-hybridized carbons (Fsp3) is 0.455. The predicted octanol–water partition coefficient (Wildman–Crippen LogP) is 2.71. The first kappa shape index (κ1) is 24.3. The third kappa shape index (κ3) is 5.52. The van der Waals surface area contributed by atoms with Crippen molar-refractivity contribution in [1.82, 2.24) is 19.4 Å². The van der Waals surface area contributed by atoms with Crippen molar-refractivity contribution in [3.63, 3.8) is 0 Å². The number of aliphatic carboxylic acids is 1. The van der Waals surface area contributed by atoms with Crippen LogP contribution in [-0.4, -0.2) is 68.1 Å². The van der Waals surface area contributed by atoms with Gasteiger partial charge in [0.15, 0.2) is 0 Å². The number of aryl methyl sites for hydroxylation is 1. The molecular formula is C22H25F3N4O4. The van der Waals surface area contributed by atoms with Crippen LogP contribution in [0.3, 0.4) is 0 Å². The zero-order valence-corrected chi connectivity index (χ0v) is 18.1. The van der Waals surface area contributed by atoms with Gasteiger partial charge in [0.2, 0.25) is 5.91 Å². The molecule has 178 valence electrons. The average molecular weight is 466 g/mol. The van der Waals surface area contributed by atoms with Crippen molar-refractivity contribution in [3.05, 3.63) is 54.1 Å². The van der Waals surface area contributed by atoms with E-state index in [9.17, 15) is 22.8 Å². The van der Waals surface area contributed by atoms with E-state index in [4.69, 9.17) is 9.90 Å². The number of likely N-dealkylation sites (tertiary alicyclic amines) is 2. The molecule has 8 nitrogen and oxygen atoms in total. The predicted molar refractivity (Wildman–Crippen MR) is 111 cm³/mol. The molecule has 1 N–H and O–H groups in total. The Hall–Kier alpha value is -3.37. The molecule has 33 heavy (non-hydrogen) atoms. The number of hydrogen-bond donors (Lipinski definition) is 1. The number of aromatic nitrogens is 2. The lowest BCUT2D eigenvalue weighted by Crippen LogP contribution is -2.50. The summed E-state index contributed by atoms with van der Waals surface area (Å²) in [4.78, 5) is 42.8. The van der Waals surface area contributed by atoms with Crippen LogP contribution < -0.4 is 0 Å². The molecule has 4 heterocycles. The topological polar surface area (TPSA) is 95.7 Å². The molecule has 0 aliphatic carbocycles. The van der Waals surface area contributed by atoms with Gasteiger partial charge in [0.05, 0.1) is 5.41 Å². The molecule has 1 unspecified atom stereocenters. The fourth-order valence-corrected chi connectivity index (χ4v) is 4.28. The number of piperidine rings is 1. The zero-order chi connectivity index (χ0) is 24.2. The molecule has 0 radical (unpaired) electrons. The van der Waals surface area contributed by atoms with Gasteiger partial charge in [0, 0.05) is 51.8 Å². The Morgan fingerprint density at radius 3 is 2.39 bits per heavy atom. The van der Waals surface area contributed by atoms with Gasteiger partial charge < -0.3 is 19.5 Å². The van der Waals surface area contributed by atoms with E-state index >= 15 is 0 Å². The molecule has 11 heteroatoms. The molecule has 2 aromatic heterocycles. The van der Waals surface area contributed by atoms with Crippen LogP contribution in [0.1, 0.15) is 35.3 Å². The largest absolute Gasteiger partial charge is 0.490 e. The molecule has 1 atom stereocenters. The van der Waals surface area contributed by atoms with E-state index in [0.29, 0.717) is 18.8 Å². The standard InChI is InChI=1S/C20H24N4O2.C2HF3O2/c1-22-11-2-4-17(22)18(25)24-12-3-7-20(15-24)8-13-23(19(20)26)14-16-5-9-21-10-6-16;3-2(4,5)1(6)7/h2,4-6,9-11H,3,7-8,12-15H2,1H3;(H,6,7).